The summed E-state index contributed by atoms with van der Waals surface area (Å²) in [4.78, 5) is 0. The molecule has 0 amide bonds. The van der Waals surface area contributed by atoms with Gasteiger partial charge in [-0.05, 0) is 0 Å². The molecule has 0 atom stereocenters. The van der Waals surface area contributed by atoms with Crippen LogP contribution in [0.4, 0.5) is 35.1 Å². The largest absolute Gasteiger partial charge is 0.785 e. The fraction of sp³-hybridized carbons (Fsp3) is 0. The fourth-order valence-electron chi connectivity index (χ4n) is 1.54. The average Bonchev–Trinajstić information content (AvgIpc) is 2.51. The zero-order valence-corrected chi connectivity index (χ0v) is 11.0. The van der Waals surface area contributed by atoms with E-state index in [-0.39, 0.29) is 12.1 Å². The minimum Gasteiger partial charge on any atom is -0.496 e. The van der Waals surface area contributed by atoms with Crippen molar-refractivity contribution in [1.82, 2.24) is 0 Å². The highest BCUT2D eigenvalue weighted by molar-refractivity contribution is 6.36. The van der Waals surface area contributed by atoms with E-state index in [0.29, 0.717) is 0 Å². The Morgan fingerprint density at radius 2 is 0.917 bits per heavy atom. The molecule has 0 aliphatic rings. The van der Waals surface area contributed by atoms with Crippen LogP contribution in [-0.2, 0) is 0 Å². The molecule has 0 fully saturated rings. The van der Waals surface area contributed by atoms with Crippen LogP contribution >= 0.6 is 0 Å². The van der Waals surface area contributed by atoms with Crippen molar-refractivity contribution in [3.8, 4) is 11.5 Å². The molecule has 0 bridgehead atoms. The molecule has 2 aromatic rings. The standard InChI is InChI=1S/C12H3BF8O3/c14-3-1-5(16)11(9(20)7(3)18)23-13(22)24-12-6(17)2-4(15)8(19)10(12)21/h1-2,22H. The Morgan fingerprint density at radius 1 is 0.583 bits per heavy atom. The maximum absolute atomic E-state index is 13.3. The van der Waals surface area contributed by atoms with Crippen LogP contribution in [0.15, 0.2) is 12.1 Å². The van der Waals surface area contributed by atoms with Crippen molar-refractivity contribution in [3.05, 3.63) is 58.7 Å². The van der Waals surface area contributed by atoms with E-state index in [1.165, 1.54) is 0 Å². The monoisotopic (exact) mass is 358 g/mol. The molecular formula is C12H3BF8O3. The second-order valence-electron chi connectivity index (χ2n) is 4.14. The molecule has 24 heavy (non-hydrogen) atoms. The molecule has 2 rings (SSSR count). The Hall–Kier alpha value is -2.50. The molecular weight excluding hydrogens is 355 g/mol. The van der Waals surface area contributed by atoms with Gasteiger partial charge < -0.3 is 14.3 Å². The molecule has 0 heterocycles. The summed E-state index contributed by atoms with van der Waals surface area (Å²) in [6, 6.07) is -0.279. The normalized spacial score (nSPS) is 10.7. The maximum atomic E-state index is 13.3. The van der Waals surface area contributed by atoms with Crippen LogP contribution in [-0.4, -0.2) is 12.3 Å². The summed E-state index contributed by atoms with van der Waals surface area (Å²) in [6.45, 7) is 0. The molecule has 3 nitrogen and oxygen atoms in total. The van der Waals surface area contributed by atoms with Crippen LogP contribution in [0.25, 0.3) is 0 Å². The van der Waals surface area contributed by atoms with E-state index in [2.05, 4.69) is 9.31 Å². The van der Waals surface area contributed by atoms with Crippen molar-refractivity contribution < 1.29 is 49.5 Å². The molecule has 1 N–H and O–H groups in total. The first-order valence-electron chi connectivity index (χ1n) is 5.80. The molecule has 0 spiro atoms. The van der Waals surface area contributed by atoms with Gasteiger partial charge in [0.1, 0.15) is 0 Å². The van der Waals surface area contributed by atoms with Crippen LogP contribution in [0, 0.1) is 46.5 Å². The smallest absolute Gasteiger partial charge is 0.496 e. The van der Waals surface area contributed by atoms with E-state index in [1.54, 1.807) is 0 Å². The van der Waals surface area contributed by atoms with Gasteiger partial charge >= 0.3 is 7.32 Å². The summed E-state index contributed by atoms with van der Waals surface area (Å²) >= 11 is 0. The van der Waals surface area contributed by atoms with Gasteiger partial charge in [0.2, 0.25) is 11.6 Å². The number of halogens is 8. The van der Waals surface area contributed by atoms with E-state index in [9.17, 15) is 40.1 Å². The second-order valence-corrected chi connectivity index (χ2v) is 4.14. The highest BCUT2D eigenvalue weighted by Crippen LogP contribution is 2.29. The summed E-state index contributed by atoms with van der Waals surface area (Å²) < 4.78 is 112. The van der Waals surface area contributed by atoms with Gasteiger partial charge in [0.05, 0.1) is 0 Å². The lowest BCUT2D eigenvalue weighted by molar-refractivity contribution is 0.263. The summed E-state index contributed by atoms with van der Waals surface area (Å²) in [7, 11) is -2.88. The molecule has 128 valence electrons. The molecule has 12 heteroatoms. The van der Waals surface area contributed by atoms with E-state index in [0.717, 1.165) is 0 Å². The van der Waals surface area contributed by atoms with E-state index < -0.39 is 65.4 Å². The lowest BCUT2D eigenvalue weighted by atomic mass is 10.2. The van der Waals surface area contributed by atoms with E-state index >= 15 is 0 Å². The first-order chi connectivity index (χ1) is 11.1. The predicted octanol–water partition coefficient (Wildman–Crippen LogP) is 3.23. The highest BCUT2D eigenvalue weighted by Gasteiger charge is 2.32. The van der Waals surface area contributed by atoms with Gasteiger partial charge in [-0.2, -0.15) is 8.78 Å². The first-order valence-corrected chi connectivity index (χ1v) is 5.80. The summed E-state index contributed by atoms with van der Waals surface area (Å²) in [5.74, 6) is -19.6. The van der Waals surface area contributed by atoms with Crippen LogP contribution in [0.5, 0.6) is 11.5 Å². The third-order valence-electron chi connectivity index (χ3n) is 2.58. The van der Waals surface area contributed by atoms with Crippen molar-refractivity contribution >= 4 is 7.32 Å². The van der Waals surface area contributed by atoms with E-state index in [4.69, 9.17) is 0 Å². The van der Waals surface area contributed by atoms with Gasteiger partial charge in [0, 0.05) is 12.1 Å². The Morgan fingerprint density at radius 3 is 1.25 bits per heavy atom. The first kappa shape index (κ1) is 17.9. The van der Waals surface area contributed by atoms with E-state index in [1.807, 2.05) is 0 Å². The van der Waals surface area contributed by atoms with Gasteiger partial charge in [0.25, 0.3) is 0 Å². The molecule has 0 unspecified atom stereocenters. The van der Waals surface area contributed by atoms with Gasteiger partial charge in [-0.15, -0.1) is 0 Å². The van der Waals surface area contributed by atoms with Crippen molar-refractivity contribution in [2.75, 3.05) is 0 Å². The summed E-state index contributed by atoms with van der Waals surface area (Å²) in [5.41, 5.74) is 0. The second kappa shape index (κ2) is 6.55. The van der Waals surface area contributed by atoms with Crippen LogP contribution < -0.4 is 9.31 Å². The van der Waals surface area contributed by atoms with Crippen LogP contribution in [0.3, 0.4) is 0 Å². The lowest BCUT2D eigenvalue weighted by Gasteiger charge is -2.14. The van der Waals surface area contributed by atoms with Crippen molar-refractivity contribution in [2.45, 2.75) is 0 Å². The zero-order chi connectivity index (χ0) is 18.2. The quantitative estimate of drug-likeness (QED) is 0.395. The number of benzene rings is 2. The topological polar surface area (TPSA) is 38.7 Å². The Bertz CT molecular complexity index is 735. The minimum atomic E-state index is -2.88. The number of rotatable bonds is 4. The highest BCUT2D eigenvalue weighted by atomic mass is 19.2. The average molecular weight is 358 g/mol. The van der Waals surface area contributed by atoms with Gasteiger partial charge in [0.15, 0.2) is 46.4 Å². The van der Waals surface area contributed by atoms with Gasteiger partial charge in [-0.1, -0.05) is 0 Å². The Kier molecular flexibility index (Phi) is 4.87. The third-order valence-corrected chi connectivity index (χ3v) is 2.58. The molecule has 0 aromatic heterocycles. The predicted molar refractivity (Wildman–Crippen MR) is 61.8 cm³/mol. The number of hydrogen-bond acceptors (Lipinski definition) is 3. The van der Waals surface area contributed by atoms with Crippen molar-refractivity contribution in [1.29, 1.82) is 0 Å². The van der Waals surface area contributed by atoms with Gasteiger partial charge in [-0.25, -0.2) is 26.3 Å². The minimum absolute atomic E-state index is 0.140. The SMILES string of the molecule is OB(Oc1c(F)cc(F)c(F)c1F)Oc1c(F)cc(F)c(F)c1F. The molecule has 2 aromatic carbocycles. The Labute approximate surface area is 128 Å². The van der Waals surface area contributed by atoms with Crippen molar-refractivity contribution in [3.63, 3.8) is 0 Å². The molecule has 0 radical (unpaired) electrons. The number of hydrogen-bond donors (Lipinski definition) is 1. The zero-order valence-electron chi connectivity index (χ0n) is 11.0. The summed E-state index contributed by atoms with van der Waals surface area (Å²) in [5, 5.41) is 9.23. The molecule has 0 saturated heterocycles. The van der Waals surface area contributed by atoms with Crippen LogP contribution in [0.2, 0.25) is 0 Å². The van der Waals surface area contributed by atoms with Gasteiger partial charge in [-0.3, -0.25) is 0 Å². The molecule has 0 aliphatic heterocycles. The lowest BCUT2D eigenvalue weighted by Crippen LogP contribution is -2.31. The molecule has 0 saturated carbocycles. The fourth-order valence-corrected chi connectivity index (χ4v) is 1.54. The molecule has 0 aliphatic carbocycles. The Balaban J connectivity index is 2.29. The maximum Gasteiger partial charge on any atom is 0.785 e. The van der Waals surface area contributed by atoms with Crippen LogP contribution in [0.1, 0.15) is 0 Å². The summed E-state index contributed by atoms with van der Waals surface area (Å²) in [6.07, 6.45) is 0. The van der Waals surface area contributed by atoms with Crippen molar-refractivity contribution in [2.24, 2.45) is 0 Å². The third kappa shape index (κ3) is 3.23.